The lowest BCUT2D eigenvalue weighted by Crippen LogP contribution is -2.25. The Bertz CT molecular complexity index is 1530. The molecule has 3 aromatic heterocycles. The monoisotopic (exact) mass is 508 g/mol. The van der Waals surface area contributed by atoms with Crippen molar-refractivity contribution < 1.29 is 13.9 Å². The molecule has 0 aliphatic carbocycles. The number of nitrogens with one attached hydrogen (secondary N) is 1. The molecule has 4 aromatic rings. The molecule has 0 amide bonds. The maximum Gasteiger partial charge on any atom is 0.359 e. The molecule has 4 rings (SSSR count). The number of aromatic nitrogens is 3. The van der Waals surface area contributed by atoms with Crippen molar-refractivity contribution in [3.63, 3.8) is 0 Å². The molecule has 0 saturated heterocycles. The number of hydrogen-bond acceptors (Lipinski definition) is 7. The van der Waals surface area contributed by atoms with E-state index in [4.69, 9.17) is 20.8 Å². The standard InChI is InChI=1S/C27H29ClN4O4/c1-14-10-18(16(3)30-20-8-9-21(28)31-22(20)26(34)36-27(4,5)6)25-19(11-14)23(33)15(2)24(35-25)17-12-29-32(7)13-17/h8-13,16,30H,1-7H3. The molecule has 1 aromatic carbocycles. The number of pyridine rings is 1. The molecule has 0 fully saturated rings. The van der Waals surface area contributed by atoms with Gasteiger partial charge in [-0.05, 0) is 65.3 Å². The first-order valence-corrected chi connectivity index (χ1v) is 11.9. The molecule has 0 aliphatic rings. The Morgan fingerprint density at radius 3 is 2.58 bits per heavy atom. The molecule has 188 valence electrons. The fourth-order valence-electron chi connectivity index (χ4n) is 4.05. The van der Waals surface area contributed by atoms with Gasteiger partial charge >= 0.3 is 5.97 Å². The van der Waals surface area contributed by atoms with E-state index in [9.17, 15) is 9.59 Å². The van der Waals surface area contributed by atoms with E-state index in [0.717, 1.165) is 16.7 Å². The largest absolute Gasteiger partial charge is 0.455 e. The zero-order chi connectivity index (χ0) is 26.4. The molecule has 1 N–H and O–H groups in total. The number of carbonyl (C=O) groups is 1. The highest BCUT2D eigenvalue weighted by molar-refractivity contribution is 6.29. The Balaban J connectivity index is 1.82. The summed E-state index contributed by atoms with van der Waals surface area (Å²) in [6.45, 7) is 11.0. The number of benzene rings is 1. The average molecular weight is 509 g/mol. The third-order valence-electron chi connectivity index (χ3n) is 5.65. The van der Waals surface area contributed by atoms with Crippen molar-refractivity contribution in [2.24, 2.45) is 7.05 Å². The number of fused-ring (bicyclic) bond motifs is 1. The maximum atomic E-state index is 13.3. The van der Waals surface area contributed by atoms with E-state index < -0.39 is 11.6 Å². The summed E-state index contributed by atoms with van der Waals surface area (Å²) in [5.74, 6) is -0.115. The summed E-state index contributed by atoms with van der Waals surface area (Å²) >= 11 is 6.09. The van der Waals surface area contributed by atoms with Crippen LogP contribution in [-0.4, -0.2) is 26.3 Å². The minimum Gasteiger partial charge on any atom is -0.455 e. The van der Waals surface area contributed by atoms with Gasteiger partial charge in [-0.2, -0.15) is 5.10 Å². The van der Waals surface area contributed by atoms with Crippen molar-refractivity contribution in [2.45, 2.75) is 53.2 Å². The molecule has 1 atom stereocenters. The minimum atomic E-state index is -0.694. The second-order valence-corrected chi connectivity index (χ2v) is 10.3. The van der Waals surface area contributed by atoms with Crippen molar-refractivity contribution in [2.75, 3.05) is 5.32 Å². The third-order valence-corrected chi connectivity index (χ3v) is 5.86. The topological polar surface area (TPSA) is 99.2 Å². The van der Waals surface area contributed by atoms with Gasteiger partial charge in [-0.25, -0.2) is 9.78 Å². The molecule has 0 saturated carbocycles. The lowest BCUT2D eigenvalue weighted by molar-refractivity contribution is 0.00640. The predicted molar refractivity (Wildman–Crippen MR) is 141 cm³/mol. The molecule has 0 bridgehead atoms. The third kappa shape index (κ3) is 5.14. The highest BCUT2D eigenvalue weighted by atomic mass is 35.5. The number of nitrogens with zero attached hydrogens (tertiary/aromatic N) is 3. The number of ether oxygens (including phenoxy) is 1. The van der Waals surface area contributed by atoms with Crippen molar-refractivity contribution >= 4 is 34.2 Å². The zero-order valence-corrected chi connectivity index (χ0v) is 22.1. The van der Waals surface area contributed by atoms with Gasteiger partial charge in [0.25, 0.3) is 0 Å². The first-order chi connectivity index (χ1) is 16.8. The SMILES string of the molecule is Cc1cc(C(C)Nc2ccc(Cl)nc2C(=O)OC(C)(C)C)c2oc(-c3cnn(C)c3)c(C)c(=O)c2c1. The van der Waals surface area contributed by atoms with Gasteiger partial charge in [-0.3, -0.25) is 9.48 Å². The quantitative estimate of drug-likeness (QED) is 0.261. The Morgan fingerprint density at radius 1 is 1.22 bits per heavy atom. The molecule has 36 heavy (non-hydrogen) atoms. The predicted octanol–water partition coefficient (Wildman–Crippen LogP) is 5.99. The van der Waals surface area contributed by atoms with Crippen LogP contribution >= 0.6 is 11.6 Å². The number of aryl methyl sites for hydroxylation is 2. The molecule has 8 nitrogen and oxygen atoms in total. The molecule has 0 aliphatic heterocycles. The van der Waals surface area contributed by atoms with Crippen LogP contribution in [0.2, 0.25) is 5.15 Å². The average Bonchev–Trinajstić information content (AvgIpc) is 3.22. The fourth-order valence-corrected chi connectivity index (χ4v) is 4.20. The smallest absolute Gasteiger partial charge is 0.359 e. The van der Waals surface area contributed by atoms with Crippen molar-refractivity contribution in [3.8, 4) is 11.3 Å². The summed E-state index contributed by atoms with van der Waals surface area (Å²) in [7, 11) is 1.81. The van der Waals surface area contributed by atoms with Crippen molar-refractivity contribution in [1.29, 1.82) is 0 Å². The van der Waals surface area contributed by atoms with Crippen LogP contribution < -0.4 is 10.7 Å². The van der Waals surface area contributed by atoms with Gasteiger partial charge in [0.15, 0.2) is 11.1 Å². The van der Waals surface area contributed by atoms with Crippen LogP contribution in [0.3, 0.4) is 0 Å². The Hall–Kier alpha value is -3.65. The van der Waals surface area contributed by atoms with Gasteiger partial charge in [-0.1, -0.05) is 17.7 Å². The van der Waals surface area contributed by atoms with Crippen molar-refractivity contribution in [3.05, 3.63) is 74.4 Å². The number of anilines is 1. The molecular formula is C27H29ClN4O4. The van der Waals surface area contributed by atoms with Gasteiger partial charge in [0.1, 0.15) is 22.1 Å². The maximum absolute atomic E-state index is 13.3. The number of esters is 1. The van der Waals surface area contributed by atoms with Crippen LogP contribution in [0, 0.1) is 13.8 Å². The van der Waals surface area contributed by atoms with E-state index in [1.807, 2.05) is 26.0 Å². The molecule has 3 heterocycles. The summed E-state index contributed by atoms with van der Waals surface area (Å²) in [6.07, 6.45) is 3.47. The van der Waals surface area contributed by atoms with Crippen LogP contribution in [0.1, 0.15) is 60.9 Å². The second kappa shape index (κ2) is 9.43. The zero-order valence-electron chi connectivity index (χ0n) is 21.4. The molecule has 0 spiro atoms. The van der Waals surface area contributed by atoms with Gasteiger partial charge in [0.05, 0.1) is 28.9 Å². The summed E-state index contributed by atoms with van der Waals surface area (Å²) in [4.78, 5) is 30.4. The van der Waals surface area contributed by atoms with Crippen molar-refractivity contribution in [1.82, 2.24) is 14.8 Å². The van der Waals surface area contributed by atoms with Gasteiger partial charge in [-0.15, -0.1) is 0 Å². The van der Waals surface area contributed by atoms with Gasteiger partial charge < -0.3 is 14.5 Å². The Labute approximate surface area is 214 Å². The van der Waals surface area contributed by atoms with E-state index in [2.05, 4.69) is 15.4 Å². The van der Waals surface area contributed by atoms with E-state index in [1.54, 1.807) is 64.0 Å². The number of rotatable bonds is 5. The molecule has 0 radical (unpaired) electrons. The number of hydrogen-bond donors (Lipinski definition) is 1. The lowest BCUT2D eigenvalue weighted by Gasteiger charge is -2.22. The first-order valence-electron chi connectivity index (χ1n) is 11.6. The van der Waals surface area contributed by atoms with Crippen LogP contribution in [0.25, 0.3) is 22.3 Å². The summed E-state index contributed by atoms with van der Waals surface area (Å²) in [5.41, 5.74) is 3.11. The molecule has 9 heteroatoms. The van der Waals surface area contributed by atoms with Crippen LogP contribution in [-0.2, 0) is 11.8 Å². The van der Waals surface area contributed by atoms with Crippen LogP contribution in [0.4, 0.5) is 5.69 Å². The lowest BCUT2D eigenvalue weighted by atomic mass is 9.99. The molecule has 1 unspecified atom stereocenters. The second-order valence-electron chi connectivity index (χ2n) is 9.92. The van der Waals surface area contributed by atoms with Gasteiger partial charge in [0, 0.05) is 24.4 Å². The van der Waals surface area contributed by atoms with Gasteiger partial charge in [0.2, 0.25) is 0 Å². The van der Waals surface area contributed by atoms with E-state index in [0.29, 0.717) is 28.0 Å². The summed E-state index contributed by atoms with van der Waals surface area (Å²) in [5, 5.41) is 8.22. The summed E-state index contributed by atoms with van der Waals surface area (Å²) < 4.78 is 13.5. The Kier molecular flexibility index (Phi) is 6.66. The molecular weight excluding hydrogens is 480 g/mol. The van der Waals surface area contributed by atoms with E-state index >= 15 is 0 Å². The summed E-state index contributed by atoms with van der Waals surface area (Å²) in [6, 6.07) is 6.71. The normalized spacial score (nSPS) is 12.6. The minimum absolute atomic E-state index is 0.0783. The first kappa shape index (κ1) is 25.4. The number of halogens is 1. The highest BCUT2D eigenvalue weighted by Gasteiger charge is 2.24. The fraction of sp³-hybridized carbons (Fsp3) is 0.333. The highest BCUT2D eigenvalue weighted by Crippen LogP contribution is 2.33. The Morgan fingerprint density at radius 2 is 1.94 bits per heavy atom. The number of carbonyl (C=O) groups excluding carboxylic acids is 1. The van der Waals surface area contributed by atoms with E-state index in [1.165, 1.54) is 0 Å². The van der Waals surface area contributed by atoms with E-state index in [-0.39, 0.29) is 22.3 Å². The van der Waals surface area contributed by atoms with Crippen LogP contribution in [0.5, 0.6) is 0 Å². The van der Waals surface area contributed by atoms with Crippen LogP contribution in [0.15, 0.2) is 45.9 Å².